The molecule has 20 heavy (non-hydrogen) atoms. The van der Waals surface area contributed by atoms with Gasteiger partial charge in [-0.2, -0.15) is 0 Å². The summed E-state index contributed by atoms with van der Waals surface area (Å²) in [4.78, 5) is 7.18. The molecule has 3 N–H and O–H groups in total. The molecule has 5 nitrogen and oxygen atoms in total. The van der Waals surface area contributed by atoms with Gasteiger partial charge >= 0.3 is 7.12 Å². The molecule has 2 aliphatic rings. The molecule has 0 unspecified atom stereocenters. The Balaban J connectivity index is 0.000000170. The molecule has 2 aromatic heterocycles. The highest BCUT2D eigenvalue weighted by molar-refractivity contribution is 6.51. The molecular formula is C14H18BN3O2. The van der Waals surface area contributed by atoms with Crippen LogP contribution < -0.4 is 9.97 Å². The van der Waals surface area contributed by atoms with Crippen LogP contribution in [0.3, 0.4) is 0 Å². The molecule has 0 spiro atoms. The maximum atomic E-state index is 9.23. The molecule has 2 aliphatic heterocycles. The Labute approximate surface area is 118 Å². The van der Waals surface area contributed by atoms with Crippen LogP contribution in [0, 0.1) is 0 Å². The lowest BCUT2D eigenvalue weighted by atomic mass is 9.86. The maximum Gasteiger partial charge on any atom is 0.552 e. The fraction of sp³-hybridized carbons (Fsp3) is 0.357. The van der Waals surface area contributed by atoms with Crippen molar-refractivity contribution in [2.75, 3.05) is 13.1 Å². The molecule has 6 heteroatoms. The van der Waals surface area contributed by atoms with E-state index in [1.165, 1.54) is 32.4 Å². The molecule has 0 aromatic carbocycles. The fourth-order valence-corrected chi connectivity index (χ4v) is 2.43. The number of aromatic nitrogens is 2. The molecule has 1 saturated heterocycles. The van der Waals surface area contributed by atoms with Crippen molar-refractivity contribution in [3.63, 3.8) is 0 Å². The number of pyridine rings is 1. The largest absolute Gasteiger partial charge is 0.552 e. The van der Waals surface area contributed by atoms with Crippen LogP contribution in [0.15, 0.2) is 24.4 Å². The van der Waals surface area contributed by atoms with Gasteiger partial charge in [-0.3, -0.25) is 0 Å². The van der Waals surface area contributed by atoms with Crippen LogP contribution in [0.4, 0.5) is 0 Å². The first-order valence-electron chi connectivity index (χ1n) is 7.04. The van der Waals surface area contributed by atoms with Gasteiger partial charge in [-0.1, -0.05) is 12.5 Å². The minimum atomic E-state index is -0.860. The molecule has 0 amide bonds. The van der Waals surface area contributed by atoms with Gasteiger partial charge in [-0.15, -0.1) is 0 Å². The van der Waals surface area contributed by atoms with Crippen LogP contribution in [0.25, 0.3) is 17.1 Å². The summed E-state index contributed by atoms with van der Waals surface area (Å²) in [6.07, 6.45) is 9.51. The summed E-state index contributed by atoms with van der Waals surface area (Å²) in [5.74, 6) is 2.22. The molecule has 1 fully saturated rings. The summed E-state index contributed by atoms with van der Waals surface area (Å²) >= 11 is 0. The molecule has 0 radical (unpaired) electrons. The summed E-state index contributed by atoms with van der Waals surface area (Å²) in [5, 5.41) is 13.5. The summed E-state index contributed by atoms with van der Waals surface area (Å²) in [5.41, 5.74) is 1.79. The number of H-pyrrole nitrogens is 1. The normalized spacial score (nSPS) is 17.1. The monoisotopic (exact) mass is 271 g/mol. The van der Waals surface area contributed by atoms with Gasteiger partial charge < -0.3 is 20.0 Å². The Morgan fingerprint density at radius 3 is 2.80 bits per heavy atom. The fourth-order valence-electron chi connectivity index (χ4n) is 2.43. The van der Waals surface area contributed by atoms with E-state index < -0.39 is 7.12 Å². The summed E-state index contributed by atoms with van der Waals surface area (Å²) in [7, 11) is -0.860. The van der Waals surface area contributed by atoms with Crippen LogP contribution in [-0.2, 0) is 0 Å². The number of nitrogens with one attached hydrogen (secondary N) is 2. The van der Waals surface area contributed by atoms with Gasteiger partial charge in [0.25, 0.3) is 0 Å². The van der Waals surface area contributed by atoms with Crippen molar-refractivity contribution in [2.24, 2.45) is 0 Å². The van der Waals surface area contributed by atoms with E-state index in [0.717, 1.165) is 16.6 Å². The third-order valence-electron chi connectivity index (χ3n) is 3.47. The van der Waals surface area contributed by atoms with E-state index in [1.807, 2.05) is 18.3 Å². The standard InChI is InChI=1S/C9H7BN2O2.C5H11N/c13-10-3-1-6-7-2-4-11-9(7)12-5-8(6)14-10;1-2-4-6-5-3-1/h1-5,13H,(H,11,12);6H,1-5H2. The number of fused-ring (bicyclic) bond motifs is 3. The predicted octanol–water partition coefficient (Wildman–Crippen LogP) is 1.75. The minimum absolute atomic E-state index is 0.618. The van der Waals surface area contributed by atoms with E-state index in [9.17, 15) is 5.02 Å². The average molecular weight is 271 g/mol. The van der Waals surface area contributed by atoms with Crippen LogP contribution in [0.5, 0.6) is 5.75 Å². The topological polar surface area (TPSA) is 70.2 Å². The van der Waals surface area contributed by atoms with Crippen LogP contribution >= 0.6 is 0 Å². The lowest BCUT2D eigenvalue weighted by Gasteiger charge is -2.14. The van der Waals surface area contributed by atoms with E-state index in [0.29, 0.717) is 5.75 Å². The molecule has 0 atom stereocenters. The van der Waals surface area contributed by atoms with E-state index in [2.05, 4.69) is 15.3 Å². The van der Waals surface area contributed by atoms with E-state index in [-0.39, 0.29) is 0 Å². The SMILES string of the molecule is C1CCNCC1.OB1C=Cc2c(cnc3[nH]ccc23)O1. The molecule has 0 bridgehead atoms. The molecule has 0 aliphatic carbocycles. The molecule has 4 heterocycles. The van der Waals surface area contributed by atoms with Gasteiger partial charge in [0.2, 0.25) is 0 Å². The van der Waals surface area contributed by atoms with Crippen LogP contribution in [-0.4, -0.2) is 35.2 Å². The van der Waals surface area contributed by atoms with Crippen molar-refractivity contribution in [2.45, 2.75) is 19.3 Å². The maximum absolute atomic E-state index is 9.23. The second kappa shape index (κ2) is 6.11. The summed E-state index contributed by atoms with van der Waals surface area (Å²) in [6, 6.07) is 1.94. The lowest BCUT2D eigenvalue weighted by Crippen LogP contribution is -2.21. The molecule has 0 saturated carbocycles. The van der Waals surface area contributed by atoms with Gasteiger partial charge in [0.05, 0.1) is 6.20 Å². The minimum Gasteiger partial charge on any atom is -0.531 e. The zero-order valence-electron chi connectivity index (χ0n) is 11.3. The zero-order valence-corrected chi connectivity index (χ0v) is 11.3. The number of nitrogens with zero attached hydrogens (tertiary/aromatic N) is 1. The van der Waals surface area contributed by atoms with Crippen molar-refractivity contribution in [1.29, 1.82) is 0 Å². The Morgan fingerprint density at radius 2 is 2.10 bits per heavy atom. The van der Waals surface area contributed by atoms with Crippen LogP contribution in [0.2, 0.25) is 0 Å². The Bertz CT molecular complexity index is 596. The molecule has 4 rings (SSSR count). The predicted molar refractivity (Wildman–Crippen MR) is 80.4 cm³/mol. The Kier molecular flexibility index (Phi) is 4.04. The highest BCUT2D eigenvalue weighted by atomic mass is 16.5. The molecule has 2 aromatic rings. The number of hydrogen-bond donors (Lipinski definition) is 3. The van der Waals surface area contributed by atoms with Crippen molar-refractivity contribution in [3.8, 4) is 5.75 Å². The summed E-state index contributed by atoms with van der Waals surface area (Å²) < 4.78 is 5.20. The third kappa shape index (κ3) is 2.86. The van der Waals surface area contributed by atoms with Crippen molar-refractivity contribution in [3.05, 3.63) is 30.0 Å². The van der Waals surface area contributed by atoms with Gasteiger partial charge in [0, 0.05) is 17.1 Å². The second-order valence-electron chi connectivity index (χ2n) is 4.95. The zero-order chi connectivity index (χ0) is 13.8. The van der Waals surface area contributed by atoms with E-state index in [1.54, 1.807) is 12.2 Å². The lowest BCUT2D eigenvalue weighted by molar-refractivity contribution is 0.428. The number of aromatic amines is 1. The Morgan fingerprint density at radius 1 is 1.25 bits per heavy atom. The van der Waals surface area contributed by atoms with Gasteiger partial charge in [-0.05, 0) is 38.0 Å². The van der Waals surface area contributed by atoms with Gasteiger partial charge in [-0.25, -0.2) is 4.98 Å². The highest BCUT2D eigenvalue weighted by Gasteiger charge is 2.19. The van der Waals surface area contributed by atoms with Crippen molar-refractivity contribution in [1.82, 2.24) is 15.3 Å². The van der Waals surface area contributed by atoms with Crippen molar-refractivity contribution >= 4 is 24.2 Å². The first-order valence-corrected chi connectivity index (χ1v) is 7.04. The quantitative estimate of drug-likeness (QED) is 0.638. The number of piperidine rings is 1. The van der Waals surface area contributed by atoms with Crippen LogP contribution in [0.1, 0.15) is 24.8 Å². The van der Waals surface area contributed by atoms with Gasteiger partial charge in [0.1, 0.15) is 11.4 Å². The number of hydrogen-bond acceptors (Lipinski definition) is 4. The summed E-state index contributed by atoms with van der Waals surface area (Å²) in [6.45, 7) is 2.50. The second-order valence-corrected chi connectivity index (χ2v) is 4.95. The molecular weight excluding hydrogens is 253 g/mol. The molecule has 104 valence electrons. The first-order chi connectivity index (χ1) is 9.84. The average Bonchev–Trinajstić information content (AvgIpc) is 2.98. The Hall–Kier alpha value is -1.79. The highest BCUT2D eigenvalue weighted by Crippen LogP contribution is 2.29. The van der Waals surface area contributed by atoms with E-state index in [4.69, 9.17) is 4.65 Å². The third-order valence-corrected chi connectivity index (χ3v) is 3.47. The van der Waals surface area contributed by atoms with Gasteiger partial charge in [0.15, 0.2) is 0 Å². The number of rotatable bonds is 0. The first kappa shape index (κ1) is 13.2. The van der Waals surface area contributed by atoms with Crippen molar-refractivity contribution < 1.29 is 9.68 Å². The smallest absolute Gasteiger partial charge is 0.531 e. The van der Waals surface area contributed by atoms with E-state index >= 15 is 0 Å².